The fraction of sp³-hybridized carbons (Fsp3) is 1.00. The monoisotopic (exact) mass is 151 g/mol. The average molecular weight is 152 g/mol. The van der Waals surface area contributed by atoms with Crippen molar-refractivity contribution in [1.82, 2.24) is 0 Å². The van der Waals surface area contributed by atoms with Crippen LogP contribution in [-0.2, 0) is 14.4 Å². The summed E-state index contributed by atoms with van der Waals surface area (Å²) in [7, 11) is 9.72. The van der Waals surface area contributed by atoms with Gasteiger partial charge >= 0.3 is 34.1 Å². The van der Waals surface area contributed by atoms with Crippen molar-refractivity contribution in [2.24, 2.45) is 0 Å². The summed E-state index contributed by atoms with van der Waals surface area (Å²) in [6.45, 7) is 4.00. The minimum absolute atomic E-state index is 0.368. The van der Waals surface area contributed by atoms with Gasteiger partial charge in [-0.1, -0.05) is 13.8 Å². The van der Waals surface area contributed by atoms with E-state index in [9.17, 15) is 0 Å². The molecule has 0 nitrogen and oxygen atoms in total. The van der Waals surface area contributed by atoms with E-state index in [4.69, 9.17) is 19.7 Å². The van der Waals surface area contributed by atoms with Gasteiger partial charge in [0.15, 0.2) is 0 Å². The molecule has 0 saturated carbocycles. The summed E-state index contributed by atoms with van der Waals surface area (Å²) in [5.74, 6) is 0. The molecule has 0 fully saturated rings. The zero-order chi connectivity index (χ0) is 4.71. The van der Waals surface area contributed by atoms with Crippen LogP contribution >= 0.6 is 19.7 Å². The van der Waals surface area contributed by atoms with Gasteiger partial charge in [0.05, 0.1) is 0 Å². The fourth-order valence-electron chi connectivity index (χ4n) is 0. The molecule has 0 heterocycles. The first-order valence-corrected chi connectivity index (χ1v) is 5.18. The normalized spacial score (nSPS) is 4.00. The Morgan fingerprint density at radius 2 is 1.20 bits per heavy atom. The van der Waals surface area contributed by atoms with Crippen molar-refractivity contribution >= 4 is 19.7 Å². The zero-order valence-corrected chi connectivity index (χ0v) is 6.11. The molecule has 0 rings (SSSR count). The van der Waals surface area contributed by atoms with E-state index in [1.54, 1.807) is 0 Å². The van der Waals surface area contributed by atoms with Crippen LogP contribution in [0.15, 0.2) is 0 Å². The van der Waals surface area contributed by atoms with E-state index in [2.05, 4.69) is 0 Å². The van der Waals surface area contributed by atoms with Crippen LogP contribution in [0.1, 0.15) is 13.8 Å². The molecule has 0 amide bonds. The molecule has 33 valence electrons. The summed E-state index contributed by atoms with van der Waals surface area (Å²) in [5, 5.41) is 0. The Bertz CT molecular complexity index is 7.61. The van der Waals surface area contributed by atoms with Crippen molar-refractivity contribution in [1.29, 1.82) is 0 Å². The predicted molar refractivity (Wildman–Crippen MR) is 23.1 cm³/mol. The molecule has 0 aromatic rings. The third-order valence-electron chi connectivity index (χ3n) is 0. The van der Waals surface area contributed by atoms with E-state index in [1.807, 2.05) is 13.8 Å². The minimum atomic E-state index is -0.368. The quantitative estimate of drug-likeness (QED) is 0.499. The molecule has 0 unspecified atom stereocenters. The molecule has 0 aliphatic rings. The van der Waals surface area contributed by atoms with Crippen molar-refractivity contribution in [2.45, 2.75) is 13.8 Å². The first kappa shape index (κ1) is 9.48. The van der Waals surface area contributed by atoms with E-state index in [0.29, 0.717) is 0 Å². The van der Waals surface area contributed by atoms with Gasteiger partial charge in [-0.05, 0) is 0 Å². The standard InChI is InChI=1S/C2H6.2ClH.V/c1-2;;;/h1-2H3;2*1H;/q;;;+2/p-2. The Kier molecular flexibility index (Phi) is 36.2. The Balaban J connectivity index is 0. The van der Waals surface area contributed by atoms with Gasteiger partial charge in [-0.15, -0.1) is 0 Å². The Labute approximate surface area is 48.1 Å². The van der Waals surface area contributed by atoms with Gasteiger partial charge in [0.1, 0.15) is 0 Å². The van der Waals surface area contributed by atoms with Gasteiger partial charge in [0, 0.05) is 0 Å². The Morgan fingerprint density at radius 1 is 1.20 bits per heavy atom. The molecular weight excluding hydrogens is 146 g/mol. The molecule has 0 radical (unpaired) electrons. The van der Waals surface area contributed by atoms with Gasteiger partial charge in [-0.2, -0.15) is 0 Å². The van der Waals surface area contributed by atoms with Crippen LogP contribution < -0.4 is 0 Å². The summed E-state index contributed by atoms with van der Waals surface area (Å²) in [4.78, 5) is 0. The number of rotatable bonds is 0. The second-order valence-electron chi connectivity index (χ2n) is 0.0639. The molecule has 5 heavy (non-hydrogen) atoms. The van der Waals surface area contributed by atoms with Crippen LogP contribution in [0.4, 0.5) is 0 Å². The van der Waals surface area contributed by atoms with Crippen molar-refractivity contribution < 1.29 is 14.4 Å². The third-order valence-corrected chi connectivity index (χ3v) is 0. The number of halogens is 2. The molecule has 0 aromatic heterocycles. The Hall–Kier alpha value is 1.16. The molecule has 0 bridgehead atoms. The second kappa shape index (κ2) is 19.1. The van der Waals surface area contributed by atoms with Crippen LogP contribution in [0.2, 0.25) is 0 Å². The molecule has 0 aliphatic carbocycles. The molecule has 0 aromatic carbocycles. The van der Waals surface area contributed by atoms with Crippen molar-refractivity contribution in [3.63, 3.8) is 0 Å². The Morgan fingerprint density at radius 3 is 1.20 bits per heavy atom. The van der Waals surface area contributed by atoms with Gasteiger partial charge < -0.3 is 0 Å². The molecule has 0 aliphatic heterocycles. The van der Waals surface area contributed by atoms with Crippen LogP contribution in [0, 0.1) is 0 Å². The van der Waals surface area contributed by atoms with Crippen molar-refractivity contribution in [2.75, 3.05) is 0 Å². The van der Waals surface area contributed by atoms with E-state index >= 15 is 0 Å². The fourth-order valence-corrected chi connectivity index (χ4v) is 0. The van der Waals surface area contributed by atoms with Crippen molar-refractivity contribution in [3.05, 3.63) is 0 Å². The molecule has 3 heteroatoms. The van der Waals surface area contributed by atoms with E-state index in [1.165, 1.54) is 0 Å². The topological polar surface area (TPSA) is 0 Å². The number of hydrogen-bond donors (Lipinski definition) is 0. The molecular formula is C2H6Cl2V. The summed E-state index contributed by atoms with van der Waals surface area (Å²) < 4.78 is 0. The van der Waals surface area contributed by atoms with Gasteiger partial charge in [0.25, 0.3) is 0 Å². The van der Waals surface area contributed by atoms with Gasteiger partial charge in [0.2, 0.25) is 0 Å². The summed E-state index contributed by atoms with van der Waals surface area (Å²) in [5.41, 5.74) is 0. The van der Waals surface area contributed by atoms with Crippen LogP contribution in [0.5, 0.6) is 0 Å². The summed E-state index contributed by atoms with van der Waals surface area (Å²) in [6.07, 6.45) is 0. The van der Waals surface area contributed by atoms with Crippen LogP contribution in [0.25, 0.3) is 0 Å². The maximum atomic E-state index is 4.86. The number of hydrogen-bond acceptors (Lipinski definition) is 0. The first-order valence-electron chi connectivity index (χ1n) is 1.34. The maximum absolute atomic E-state index is 4.86. The van der Waals surface area contributed by atoms with Gasteiger partial charge in [-0.25, -0.2) is 0 Å². The molecule has 0 atom stereocenters. The third kappa shape index (κ3) is 38.1. The zero-order valence-electron chi connectivity index (χ0n) is 3.20. The van der Waals surface area contributed by atoms with Crippen molar-refractivity contribution in [3.8, 4) is 0 Å². The second-order valence-corrected chi connectivity index (χ2v) is 2.37. The van der Waals surface area contributed by atoms with E-state index in [0.717, 1.165) is 0 Å². The summed E-state index contributed by atoms with van der Waals surface area (Å²) in [6, 6.07) is 0. The summed E-state index contributed by atoms with van der Waals surface area (Å²) >= 11 is -0.368. The first-order chi connectivity index (χ1) is 2.41. The predicted octanol–water partition coefficient (Wildman–Crippen LogP) is 2.40. The van der Waals surface area contributed by atoms with E-state index in [-0.39, 0.29) is 14.4 Å². The van der Waals surface area contributed by atoms with Crippen LogP contribution in [-0.4, -0.2) is 0 Å². The molecule has 0 saturated heterocycles. The average Bonchev–Trinajstić information content (AvgIpc) is 1.46. The van der Waals surface area contributed by atoms with E-state index < -0.39 is 0 Å². The molecule has 0 spiro atoms. The van der Waals surface area contributed by atoms with Gasteiger partial charge in [-0.3, -0.25) is 0 Å². The van der Waals surface area contributed by atoms with Crippen LogP contribution in [0.3, 0.4) is 0 Å². The molecule has 0 N–H and O–H groups in total. The SMILES string of the molecule is CC.[Cl][V][Cl].